The smallest absolute Gasteiger partial charge is 0.259 e. The van der Waals surface area contributed by atoms with Gasteiger partial charge >= 0.3 is 0 Å². The molecule has 0 aliphatic rings. The highest BCUT2D eigenvalue weighted by Gasteiger charge is 2.16. The van der Waals surface area contributed by atoms with Crippen molar-refractivity contribution in [2.45, 2.75) is 13.8 Å². The first kappa shape index (κ1) is 17.2. The van der Waals surface area contributed by atoms with Crippen LogP contribution in [-0.2, 0) is 0 Å². The van der Waals surface area contributed by atoms with Gasteiger partial charge in [0.15, 0.2) is 0 Å². The van der Waals surface area contributed by atoms with Crippen molar-refractivity contribution in [2.75, 3.05) is 5.32 Å². The van der Waals surface area contributed by atoms with Crippen LogP contribution < -0.4 is 5.32 Å². The molecule has 0 unspecified atom stereocenters. The maximum atomic E-state index is 12.8. The van der Waals surface area contributed by atoms with Crippen LogP contribution in [0.25, 0.3) is 16.3 Å². The molecule has 2 aromatic carbocycles. The Morgan fingerprint density at radius 1 is 1.11 bits per heavy atom. The number of thiazole rings is 1. The van der Waals surface area contributed by atoms with Gasteiger partial charge in [0.05, 0.1) is 23.1 Å². The fourth-order valence-corrected chi connectivity index (χ4v) is 3.61. The molecule has 2 heterocycles. The fourth-order valence-electron chi connectivity index (χ4n) is 2.97. The maximum absolute atomic E-state index is 12.8. The van der Waals surface area contributed by atoms with Crippen molar-refractivity contribution in [1.82, 2.24) is 14.8 Å². The van der Waals surface area contributed by atoms with Crippen LogP contribution in [0.1, 0.15) is 21.6 Å². The molecule has 1 N–H and O–H groups in total. The van der Waals surface area contributed by atoms with Gasteiger partial charge in [0.1, 0.15) is 5.01 Å². The lowest BCUT2D eigenvalue weighted by Gasteiger charge is -2.09. The third-order valence-electron chi connectivity index (χ3n) is 4.40. The van der Waals surface area contributed by atoms with Crippen LogP contribution >= 0.6 is 11.3 Å². The number of hydrogen-bond donors (Lipinski definition) is 1. The number of nitrogens with zero attached hydrogens (tertiary/aromatic N) is 3. The summed E-state index contributed by atoms with van der Waals surface area (Å²) in [6.07, 6.45) is 3.39. The number of carbonyl (C=O) groups excluding carboxylic acids is 1. The summed E-state index contributed by atoms with van der Waals surface area (Å²) in [6.45, 7) is 3.93. The van der Waals surface area contributed by atoms with E-state index in [0.717, 1.165) is 33.2 Å². The van der Waals surface area contributed by atoms with E-state index in [2.05, 4.69) is 15.4 Å². The van der Waals surface area contributed by atoms with Crippen molar-refractivity contribution in [3.05, 3.63) is 83.1 Å². The van der Waals surface area contributed by atoms with Gasteiger partial charge in [0.25, 0.3) is 5.91 Å². The molecule has 0 aliphatic heterocycles. The Bertz CT molecular complexity index is 1100. The highest BCUT2D eigenvalue weighted by Crippen LogP contribution is 2.25. The lowest BCUT2D eigenvalue weighted by molar-refractivity contribution is 0.102. The molecule has 0 atom stereocenters. The van der Waals surface area contributed by atoms with Gasteiger partial charge in [0.2, 0.25) is 0 Å². The van der Waals surface area contributed by atoms with Crippen LogP contribution in [0.2, 0.25) is 0 Å². The second-order valence-electron chi connectivity index (χ2n) is 6.21. The quantitative estimate of drug-likeness (QED) is 0.555. The van der Waals surface area contributed by atoms with Crippen molar-refractivity contribution in [3.8, 4) is 16.3 Å². The van der Waals surface area contributed by atoms with E-state index in [-0.39, 0.29) is 5.91 Å². The number of rotatable bonds is 4. The molecule has 0 saturated heterocycles. The molecule has 4 aromatic rings. The molecule has 27 heavy (non-hydrogen) atoms. The Kier molecular flexibility index (Phi) is 4.56. The van der Waals surface area contributed by atoms with Gasteiger partial charge in [-0.1, -0.05) is 30.3 Å². The summed E-state index contributed by atoms with van der Waals surface area (Å²) in [5.74, 6) is -0.177. The molecule has 0 fully saturated rings. The molecule has 2 aromatic heterocycles. The SMILES string of the molecule is Cc1ccccc1-n1ncc(C(=O)Nc2cccc(-c3nccs3)c2)c1C. The number of para-hydroxylation sites is 1. The van der Waals surface area contributed by atoms with Gasteiger partial charge in [-0.3, -0.25) is 4.79 Å². The van der Waals surface area contributed by atoms with Crippen molar-refractivity contribution >= 4 is 22.9 Å². The normalized spacial score (nSPS) is 10.7. The van der Waals surface area contributed by atoms with Crippen LogP contribution in [0.4, 0.5) is 5.69 Å². The van der Waals surface area contributed by atoms with E-state index < -0.39 is 0 Å². The van der Waals surface area contributed by atoms with Gasteiger partial charge in [-0.05, 0) is 37.6 Å². The van der Waals surface area contributed by atoms with Crippen LogP contribution in [0.3, 0.4) is 0 Å². The van der Waals surface area contributed by atoms with Crippen molar-refractivity contribution in [2.24, 2.45) is 0 Å². The summed E-state index contributed by atoms with van der Waals surface area (Å²) < 4.78 is 1.80. The van der Waals surface area contributed by atoms with Gasteiger partial charge in [-0.2, -0.15) is 5.10 Å². The number of aryl methyl sites for hydroxylation is 1. The molecule has 5 nitrogen and oxygen atoms in total. The molecular formula is C21H18N4OS. The van der Waals surface area contributed by atoms with E-state index in [0.29, 0.717) is 5.56 Å². The zero-order valence-electron chi connectivity index (χ0n) is 15.0. The number of anilines is 1. The molecule has 1 amide bonds. The van der Waals surface area contributed by atoms with E-state index in [1.807, 2.05) is 67.8 Å². The summed E-state index contributed by atoms with van der Waals surface area (Å²) in [7, 11) is 0. The van der Waals surface area contributed by atoms with Crippen molar-refractivity contribution in [1.29, 1.82) is 0 Å². The minimum atomic E-state index is -0.177. The Labute approximate surface area is 161 Å². The molecule has 0 saturated carbocycles. The number of aromatic nitrogens is 3. The van der Waals surface area contributed by atoms with E-state index in [9.17, 15) is 4.79 Å². The third-order valence-corrected chi connectivity index (χ3v) is 5.22. The summed E-state index contributed by atoms with van der Waals surface area (Å²) in [5.41, 5.74) is 5.15. The predicted molar refractivity (Wildman–Crippen MR) is 109 cm³/mol. The van der Waals surface area contributed by atoms with Crippen LogP contribution in [0.5, 0.6) is 0 Å². The minimum Gasteiger partial charge on any atom is -0.322 e. The van der Waals surface area contributed by atoms with Crippen LogP contribution in [0, 0.1) is 13.8 Å². The van der Waals surface area contributed by atoms with E-state index >= 15 is 0 Å². The maximum Gasteiger partial charge on any atom is 0.259 e. The largest absolute Gasteiger partial charge is 0.322 e. The summed E-state index contributed by atoms with van der Waals surface area (Å²) in [6, 6.07) is 15.7. The number of benzene rings is 2. The van der Waals surface area contributed by atoms with Gasteiger partial charge in [0, 0.05) is 22.8 Å². The average molecular weight is 374 g/mol. The zero-order chi connectivity index (χ0) is 18.8. The van der Waals surface area contributed by atoms with Gasteiger partial charge in [-0.15, -0.1) is 11.3 Å². The first-order chi connectivity index (χ1) is 13.1. The number of nitrogens with one attached hydrogen (secondary N) is 1. The monoisotopic (exact) mass is 374 g/mol. The molecule has 0 spiro atoms. The Hall–Kier alpha value is -3.25. The Morgan fingerprint density at radius 3 is 2.74 bits per heavy atom. The van der Waals surface area contributed by atoms with E-state index in [1.165, 1.54) is 0 Å². The lowest BCUT2D eigenvalue weighted by atomic mass is 10.1. The second kappa shape index (κ2) is 7.17. The van der Waals surface area contributed by atoms with Crippen molar-refractivity contribution in [3.63, 3.8) is 0 Å². The molecule has 0 radical (unpaired) electrons. The minimum absolute atomic E-state index is 0.177. The molecule has 0 bridgehead atoms. The predicted octanol–water partition coefficient (Wildman–Crippen LogP) is 4.86. The van der Waals surface area contributed by atoms with Crippen LogP contribution in [0.15, 0.2) is 66.3 Å². The summed E-state index contributed by atoms with van der Waals surface area (Å²) in [5, 5.41) is 10.2. The first-order valence-electron chi connectivity index (χ1n) is 8.55. The average Bonchev–Trinajstić information content (AvgIpc) is 3.32. The molecular weight excluding hydrogens is 356 g/mol. The van der Waals surface area contributed by atoms with Gasteiger partial charge in [-0.25, -0.2) is 9.67 Å². The van der Waals surface area contributed by atoms with E-state index in [1.54, 1.807) is 28.4 Å². The topological polar surface area (TPSA) is 59.8 Å². The Balaban J connectivity index is 1.60. The van der Waals surface area contributed by atoms with Crippen molar-refractivity contribution < 1.29 is 4.79 Å². The zero-order valence-corrected chi connectivity index (χ0v) is 15.8. The number of amides is 1. The van der Waals surface area contributed by atoms with E-state index in [4.69, 9.17) is 0 Å². The first-order valence-corrected chi connectivity index (χ1v) is 9.43. The Morgan fingerprint density at radius 2 is 1.96 bits per heavy atom. The molecule has 0 aliphatic carbocycles. The lowest BCUT2D eigenvalue weighted by Crippen LogP contribution is -2.13. The fraction of sp³-hybridized carbons (Fsp3) is 0.0952. The summed E-state index contributed by atoms with van der Waals surface area (Å²) in [4.78, 5) is 17.1. The highest BCUT2D eigenvalue weighted by atomic mass is 32.1. The van der Waals surface area contributed by atoms with Gasteiger partial charge < -0.3 is 5.32 Å². The van der Waals surface area contributed by atoms with Crippen LogP contribution in [-0.4, -0.2) is 20.7 Å². The number of hydrogen-bond acceptors (Lipinski definition) is 4. The molecule has 4 rings (SSSR count). The third kappa shape index (κ3) is 3.39. The standard InChI is InChI=1S/C21H18N4OS/c1-14-6-3-4-9-19(14)25-15(2)18(13-23-25)20(26)24-17-8-5-7-16(12-17)21-22-10-11-27-21/h3-13H,1-2H3,(H,24,26). The second-order valence-corrected chi connectivity index (χ2v) is 7.11. The molecule has 6 heteroatoms. The molecule has 134 valence electrons. The summed E-state index contributed by atoms with van der Waals surface area (Å²) >= 11 is 1.57. The highest BCUT2D eigenvalue weighted by molar-refractivity contribution is 7.13. The number of carbonyl (C=O) groups is 1.